The molecule has 0 saturated heterocycles. The first-order valence-corrected chi connectivity index (χ1v) is 8.75. The van der Waals surface area contributed by atoms with Gasteiger partial charge in [-0.15, -0.1) is 0 Å². The normalized spacial score (nSPS) is 18.7. The molecule has 0 unspecified atom stereocenters. The van der Waals surface area contributed by atoms with Gasteiger partial charge in [-0.1, -0.05) is 60.8 Å². The molecular formula is C18H36O4. The minimum Gasteiger partial charge on any atom is -0.251 e. The number of rotatable bonds is 7. The maximum Gasteiger partial charge on any atom is 0.113 e. The Balaban J connectivity index is 2.44. The van der Waals surface area contributed by atoms with Crippen molar-refractivity contribution in [2.75, 3.05) is 6.61 Å². The molecule has 0 aliphatic heterocycles. The largest absolute Gasteiger partial charge is 0.251 e. The van der Waals surface area contributed by atoms with Crippen molar-refractivity contribution in [2.24, 2.45) is 10.8 Å². The summed E-state index contributed by atoms with van der Waals surface area (Å²) in [6.07, 6.45) is 7.78. The first-order chi connectivity index (χ1) is 10.1. The van der Waals surface area contributed by atoms with Gasteiger partial charge in [0.25, 0.3) is 0 Å². The molecule has 4 heteroatoms. The molecule has 1 rings (SSSR count). The minimum atomic E-state index is -0.617. The molecule has 0 atom stereocenters. The molecule has 4 nitrogen and oxygen atoms in total. The second-order valence-corrected chi connectivity index (χ2v) is 8.70. The summed E-state index contributed by atoms with van der Waals surface area (Å²) in [6.45, 7) is 13.2. The van der Waals surface area contributed by atoms with E-state index in [1.165, 1.54) is 19.3 Å². The van der Waals surface area contributed by atoms with E-state index in [0.717, 1.165) is 25.7 Å². The van der Waals surface area contributed by atoms with Crippen LogP contribution in [0.25, 0.3) is 0 Å². The van der Waals surface area contributed by atoms with Crippen molar-refractivity contribution >= 4 is 0 Å². The average molecular weight is 316 g/mol. The second kappa shape index (κ2) is 8.09. The Labute approximate surface area is 136 Å². The zero-order chi connectivity index (χ0) is 16.9. The Kier molecular flexibility index (Phi) is 7.31. The van der Waals surface area contributed by atoms with Crippen LogP contribution in [0.2, 0.25) is 0 Å². The molecule has 0 amide bonds. The molecule has 0 bridgehead atoms. The van der Waals surface area contributed by atoms with Gasteiger partial charge in [0.2, 0.25) is 0 Å². The third-order valence-electron chi connectivity index (χ3n) is 5.09. The SMILES string of the molecule is CC(C)(C)C(CCCOOC1CCCCC1)(OO)C(C)(C)C. The van der Waals surface area contributed by atoms with Crippen molar-refractivity contribution in [3.8, 4) is 0 Å². The van der Waals surface area contributed by atoms with Crippen LogP contribution in [0.1, 0.15) is 86.5 Å². The van der Waals surface area contributed by atoms with E-state index in [1.54, 1.807) is 0 Å². The van der Waals surface area contributed by atoms with Crippen LogP contribution in [-0.2, 0) is 14.7 Å². The number of hydrogen-bond donors (Lipinski definition) is 1. The van der Waals surface area contributed by atoms with Gasteiger partial charge in [-0.05, 0) is 36.5 Å². The third-order valence-corrected chi connectivity index (χ3v) is 5.09. The predicted molar refractivity (Wildman–Crippen MR) is 88.5 cm³/mol. The Morgan fingerprint density at radius 2 is 1.45 bits per heavy atom. The molecule has 0 aromatic rings. The molecule has 0 aromatic heterocycles. The Morgan fingerprint density at radius 3 is 1.91 bits per heavy atom. The van der Waals surface area contributed by atoms with Crippen molar-refractivity contribution in [2.45, 2.75) is 98.2 Å². The van der Waals surface area contributed by atoms with Crippen LogP contribution in [0.3, 0.4) is 0 Å². The molecular weight excluding hydrogens is 280 g/mol. The van der Waals surface area contributed by atoms with Gasteiger partial charge in [-0.2, -0.15) is 0 Å². The summed E-state index contributed by atoms with van der Waals surface area (Å²) in [5, 5.41) is 9.64. The van der Waals surface area contributed by atoms with Crippen LogP contribution in [-0.4, -0.2) is 23.6 Å². The molecule has 1 N–H and O–H groups in total. The first kappa shape index (κ1) is 19.9. The Bertz CT molecular complexity index is 294. The van der Waals surface area contributed by atoms with E-state index in [1.807, 2.05) is 0 Å². The van der Waals surface area contributed by atoms with Crippen molar-refractivity contribution in [1.29, 1.82) is 0 Å². The first-order valence-electron chi connectivity index (χ1n) is 8.75. The average Bonchev–Trinajstić information content (AvgIpc) is 2.41. The highest BCUT2D eigenvalue weighted by atomic mass is 17.2. The van der Waals surface area contributed by atoms with E-state index >= 15 is 0 Å². The maximum atomic E-state index is 9.64. The van der Waals surface area contributed by atoms with Crippen molar-refractivity contribution < 1.29 is 19.9 Å². The van der Waals surface area contributed by atoms with E-state index in [0.29, 0.717) is 6.61 Å². The van der Waals surface area contributed by atoms with Gasteiger partial charge in [-0.25, -0.2) is 14.7 Å². The topological polar surface area (TPSA) is 47.9 Å². The quantitative estimate of drug-likeness (QED) is 0.390. The highest BCUT2D eigenvalue weighted by Gasteiger charge is 2.52. The van der Waals surface area contributed by atoms with E-state index in [2.05, 4.69) is 41.5 Å². The summed E-state index contributed by atoms with van der Waals surface area (Å²) in [7, 11) is 0. The van der Waals surface area contributed by atoms with Gasteiger partial charge in [0.15, 0.2) is 0 Å². The predicted octanol–water partition coefficient (Wildman–Crippen LogP) is 5.37. The molecule has 0 spiro atoms. The summed E-state index contributed by atoms with van der Waals surface area (Å²) in [6, 6.07) is 0. The molecule has 0 heterocycles. The molecule has 132 valence electrons. The summed E-state index contributed by atoms with van der Waals surface area (Å²) in [5.74, 6) is 0. The smallest absolute Gasteiger partial charge is 0.113 e. The Morgan fingerprint density at radius 1 is 0.909 bits per heavy atom. The summed E-state index contributed by atoms with van der Waals surface area (Å²) < 4.78 is 0. The van der Waals surface area contributed by atoms with Crippen molar-refractivity contribution in [1.82, 2.24) is 0 Å². The molecule has 1 fully saturated rings. The molecule has 22 heavy (non-hydrogen) atoms. The molecule has 1 aliphatic rings. The summed E-state index contributed by atoms with van der Waals surface area (Å²) in [4.78, 5) is 16.0. The van der Waals surface area contributed by atoms with Crippen LogP contribution in [0.15, 0.2) is 0 Å². The van der Waals surface area contributed by atoms with E-state index in [-0.39, 0.29) is 16.9 Å². The molecule has 0 radical (unpaired) electrons. The van der Waals surface area contributed by atoms with Crippen molar-refractivity contribution in [3.63, 3.8) is 0 Å². The van der Waals surface area contributed by atoms with Gasteiger partial charge >= 0.3 is 0 Å². The van der Waals surface area contributed by atoms with Gasteiger partial charge in [0, 0.05) is 0 Å². The van der Waals surface area contributed by atoms with E-state index < -0.39 is 5.60 Å². The zero-order valence-electron chi connectivity index (χ0n) is 15.4. The van der Waals surface area contributed by atoms with Crippen LogP contribution < -0.4 is 0 Å². The second-order valence-electron chi connectivity index (χ2n) is 8.70. The lowest BCUT2D eigenvalue weighted by Crippen LogP contribution is -2.54. The lowest BCUT2D eigenvalue weighted by atomic mass is 9.60. The lowest BCUT2D eigenvalue weighted by molar-refractivity contribution is -0.381. The highest BCUT2D eigenvalue weighted by molar-refractivity contribution is 5.00. The van der Waals surface area contributed by atoms with Crippen LogP contribution >= 0.6 is 0 Å². The van der Waals surface area contributed by atoms with Gasteiger partial charge in [0.05, 0.1) is 12.7 Å². The fraction of sp³-hybridized carbons (Fsp3) is 1.00. The third kappa shape index (κ3) is 4.92. The van der Waals surface area contributed by atoms with Gasteiger partial charge in [-0.3, -0.25) is 5.26 Å². The number of hydrogen-bond acceptors (Lipinski definition) is 4. The lowest BCUT2D eigenvalue weighted by Gasteiger charge is -2.50. The van der Waals surface area contributed by atoms with Crippen molar-refractivity contribution in [3.05, 3.63) is 0 Å². The Hall–Kier alpha value is -0.160. The molecule has 1 aliphatic carbocycles. The van der Waals surface area contributed by atoms with E-state index in [9.17, 15) is 5.26 Å². The van der Waals surface area contributed by atoms with Gasteiger partial charge in [0.1, 0.15) is 5.60 Å². The fourth-order valence-corrected chi connectivity index (χ4v) is 3.88. The van der Waals surface area contributed by atoms with Gasteiger partial charge < -0.3 is 0 Å². The maximum absolute atomic E-state index is 9.64. The van der Waals surface area contributed by atoms with Crippen LogP contribution in [0.4, 0.5) is 0 Å². The minimum absolute atomic E-state index is 0.176. The molecule has 0 aromatic carbocycles. The monoisotopic (exact) mass is 316 g/mol. The fourth-order valence-electron chi connectivity index (χ4n) is 3.88. The zero-order valence-corrected chi connectivity index (χ0v) is 15.4. The van der Waals surface area contributed by atoms with E-state index in [4.69, 9.17) is 14.7 Å². The molecule has 1 saturated carbocycles. The van der Waals surface area contributed by atoms with Crippen LogP contribution in [0, 0.1) is 10.8 Å². The standard InChI is InChI=1S/C18H36O4/c1-16(2,3)18(22-19,17(4,5)6)13-10-14-20-21-15-11-8-7-9-12-15/h15,19H,7-14H2,1-6H3. The summed E-state index contributed by atoms with van der Waals surface area (Å²) >= 11 is 0. The van der Waals surface area contributed by atoms with Crippen LogP contribution in [0.5, 0.6) is 0 Å². The highest BCUT2D eigenvalue weighted by Crippen LogP contribution is 2.49. The summed E-state index contributed by atoms with van der Waals surface area (Å²) in [5.41, 5.74) is -0.970.